The molecule has 1 heterocycles. The highest BCUT2D eigenvalue weighted by Gasteiger charge is 2.02. The van der Waals surface area contributed by atoms with Crippen LogP contribution in [0.3, 0.4) is 0 Å². The second kappa shape index (κ2) is 6.11. The van der Waals surface area contributed by atoms with E-state index in [1.807, 2.05) is 13.0 Å². The summed E-state index contributed by atoms with van der Waals surface area (Å²) < 4.78 is 0. The minimum atomic E-state index is -0.833. The molecule has 0 aliphatic carbocycles. The van der Waals surface area contributed by atoms with Gasteiger partial charge in [-0.3, -0.25) is 4.79 Å². The first-order valence-corrected chi connectivity index (χ1v) is 4.03. The van der Waals surface area contributed by atoms with E-state index in [2.05, 4.69) is 35.4 Å². The van der Waals surface area contributed by atoms with Crippen molar-refractivity contribution >= 4 is 5.97 Å². The van der Waals surface area contributed by atoms with Gasteiger partial charge in [-0.15, -0.1) is 0 Å². The van der Waals surface area contributed by atoms with Crippen LogP contribution in [0, 0.1) is 0 Å². The van der Waals surface area contributed by atoms with Gasteiger partial charge in [-0.25, -0.2) is 0 Å². The number of nitrogens with zero attached hydrogens (tertiary/aromatic N) is 2. The highest BCUT2D eigenvalue weighted by molar-refractivity contribution is 5.62. The molecule has 0 atom stereocenters. The van der Waals surface area contributed by atoms with E-state index < -0.39 is 5.97 Å². The highest BCUT2D eigenvalue weighted by Crippen LogP contribution is 2.02. The normalized spacial score (nSPS) is 14.7. The monoisotopic (exact) mass is 184 g/mol. The van der Waals surface area contributed by atoms with Crippen molar-refractivity contribution in [3.8, 4) is 0 Å². The molecule has 1 aliphatic heterocycles. The third kappa shape index (κ3) is 6.93. The SMILES string of the molecule is CC(=O)O.CC=CN1C=CN(C)C1. The van der Waals surface area contributed by atoms with E-state index in [4.69, 9.17) is 9.90 Å². The quantitative estimate of drug-likeness (QED) is 0.667. The zero-order valence-corrected chi connectivity index (χ0v) is 8.27. The van der Waals surface area contributed by atoms with E-state index in [9.17, 15) is 0 Å². The molecule has 0 saturated heterocycles. The van der Waals surface area contributed by atoms with Crippen molar-refractivity contribution in [1.29, 1.82) is 0 Å². The fourth-order valence-electron chi connectivity index (χ4n) is 0.840. The number of carboxylic acids is 1. The van der Waals surface area contributed by atoms with Crippen LogP contribution in [0.15, 0.2) is 24.7 Å². The number of allylic oxidation sites excluding steroid dienone is 1. The maximum Gasteiger partial charge on any atom is 0.300 e. The van der Waals surface area contributed by atoms with E-state index in [-0.39, 0.29) is 0 Å². The molecule has 0 saturated carbocycles. The molecular formula is C9H16N2O2. The van der Waals surface area contributed by atoms with Crippen LogP contribution in [0.2, 0.25) is 0 Å². The lowest BCUT2D eigenvalue weighted by atomic mass is 10.6. The summed E-state index contributed by atoms with van der Waals surface area (Å²) in [4.78, 5) is 13.2. The summed E-state index contributed by atoms with van der Waals surface area (Å²) in [5.74, 6) is -0.833. The fraction of sp³-hybridized carbons (Fsp3) is 0.444. The molecular weight excluding hydrogens is 168 g/mol. The van der Waals surface area contributed by atoms with Crippen molar-refractivity contribution < 1.29 is 9.90 Å². The van der Waals surface area contributed by atoms with Crippen LogP contribution in [-0.2, 0) is 4.79 Å². The lowest BCUT2D eigenvalue weighted by Gasteiger charge is -2.12. The van der Waals surface area contributed by atoms with Crippen molar-refractivity contribution in [3.05, 3.63) is 24.7 Å². The zero-order chi connectivity index (χ0) is 10.3. The summed E-state index contributed by atoms with van der Waals surface area (Å²) in [7, 11) is 2.06. The zero-order valence-electron chi connectivity index (χ0n) is 8.27. The second-order valence-electron chi connectivity index (χ2n) is 2.71. The largest absolute Gasteiger partial charge is 0.481 e. The molecule has 0 amide bonds. The molecule has 74 valence electrons. The first kappa shape index (κ1) is 11.6. The van der Waals surface area contributed by atoms with Gasteiger partial charge in [0.2, 0.25) is 0 Å². The molecule has 1 N–H and O–H groups in total. The molecule has 0 fully saturated rings. The Bertz CT molecular complexity index is 208. The molecule has 0 unspecified atom stereocenters. The summed E-state index contributed by atoms with van der Waals surface area (Å²) in [6.45, 7) is 4.08. The highest BCUT2D eigenvalue weighted by atomic mass is 16.4. The molecule has 1 aliphatic rings. The third-order valence-electron chi connectivity index (χ3n) is 1.24. The Morgan fingerprint density at radius 1 is 1.54 bits per heavy atom. The topological polar surface area (TPSA) is 43.8 Å². The van der Waals surface area contributed by atoms with Gasteiger partial charge in [0.1, 0.15) is 0 Å². The maximum atomic E-state index is 9.00. The molecule has 0 spiro atoms. The van der Waals surface area contributed by atoms with Gasteiger partial charge in [0.05, 0.1) is 6.67 Å². The van der Waals surface area contributed by atoms with Crippen LogP contribution in [0.1, 0.15) is 13.8 Å². The van der Waals surface area contributed by atoms with Gasteiger partial charge in [0, 0.05) is 32.6 Å². The molecule has 0 aromatic carbocycles. The van der Waals surface area contributed by atoms with Crippen LogP contribution in [0.5, 0.6) is 0 Å². The van der Waals surface area contributed by atoms with Crippen LogP contribution in [-0.4, -0.2) is 34.6 Å². The minimum absolute atomic E-state index is 0.833. The molecule has 0 aromatic rings. The van der Waals surface area contributed by atoms with Crippen LogP contribution < -0.4 is 0 Å². The van der Waals surface area contributed by atoms with Crippen molar-refractivity contribution in [1.82, 2.24) is 9.80 Å². The van der Waals surface area contributed by atoms with E-state index in [0.717, 1.165) is 13.6 Å². The van der Waals surface area contributed by atoms with Crippen LogP contribution in [0.25, 0.3) is 0 Å². The van der Waals surface area contributed by atoms with Crippen molar-refractivity contribution in [2.75, 3.05) is 13.7 Å². The Labute approximate surface area is 78.8 Å². The van der Waals surface area contributed by atoms with Crippen molar-refractivity contribution in [3.63, 3.8) is 0 Å². The summed E-state index contributed by atoms with van der Waals surface area (Å²) in [6.07, 6.45) is 8.20. The lowest BCUT2D eigenvalue weighted by molar-refractivity contribution is -0.134. The van der Waals surface area contributed by atoms with Crippen molar-refractivity contribution in [2.24, 2.45) is 0 Å². The average molecular weight is 184 g/mol. The van der Waals surface area contributed by atoms with E-state index in [1.54, 1.807) is 0 Å². The third-order valence-corrected chi connectivity index (χ3v) is 1.24. The van der Waals surface area contributed by atoms with Gasteiger partial charge in [-0.1, -0.05) is 6.08 Å². The van der Waals surface area contributed by atoms with E-state index in [0.29, 0.717) is 0 Å². The molecule has 1 rings (SSSR count). The lowest BCUT2D eigenvalue weighted by Crippen LogP contribution is -2.17. The Balaban J connectivity index is 0.000000310. The van der Waals surface area contributed by atoms with Gasteiger partial charge >= 0.3 is 0 Å². The maximum absolute atomic E-state index is 9.00. The molecule has 4 heteroatoms. The number of carboxylic acid groups (broad SMARTS) is 1. The van der Waals surface area contributed by atoms with Crippen molar-refractivity contribution in [2.45, 2.75) is 13.8 Å². The first-order chi connectivity index (χ1) is 6.06. The Morgan fingerprint density at radius 3 is 2.38 bits per heavy atom. The minimum Gasteiger partial charge on any atom is -0.481 e. The van der Waals surface area contributed by atoms with E-state index in [1.165, 1.54) is 0 Å². The summed E-state index contributed by atoms with van der Waals surface area (Å²) in [5, 5.41) is 7.42. The second-order valence-corrected chi connectivity index (χ2v) is 2.71. The van der Waals surface area contributed by atoms with Gasteiger partial charge in [-0.2, -0.15) is 0 Å². The number of hydrogen-bond donors (Lipinski definition) is 1. The molecule has 0 radical (unpaired) electrons. The Hall–Kier alpha value is -1.45. The number of hydrogen-bond acceptors (Lipinski definition) is 3. The summed E-state index contributed by atoms with van der Waals surface area (Å²) in [6, 6.07) is 0. The van der Waals surface area contributed by atoms with Gasteiger partial charge < -0.3 is 14.9 Å². The molecule has 4 nitrogen and oxygen atoms in total. The average Bonchev–Trinajstić information content (AvgIpc) is 2.35. The Kier molecular flexibility index (Phi) is 5.43. The predicted octanol–water partition coefficient (Wildman–Crippen LogP) is 1.29. The van der Waals surface area contributed by atoms with Gasteiger partial charge in [0.15, 0.2) is 0 Å². The standard InChI is InChI=1S/C7H12N2.C2H4O2/c1-3-4-9-6-5-8(2)7-9;1-2(3)4/h3-6H,7H2,1-2H3;1H3,(H,3,4). The van der Waals surface area contributed by atoms with E-state index >= 15 is 0 Å². The van der Waals surface area contributed by atoms with Crippen LogP contribution >= 0.6 is 0 Å². The fourth-order valence-corrected chi connectivity index (χ4v) is 0.840. The summed E-state index contributed by atoms with van der Waals surface area (Å²) >= 11 is 0. The number of aliphatic carboxylic acids is 1. The molecule has 13 heavy (non-hydrogen) atoms. The smallest absolute Gasteiger partial charge is 0.300 e. The number of rotatable bonds is 1. The van der Waals surface area contributed by atoms with Gasteiger partial charge in [0.25, 0.3) is 5.97 Å². The first-order valence-electron chi connectivity index (χ1n) is 4.03. The van der Waals surface area contributed by atoms with Crippen LogP contribution in [0.4, 0.5) is 0 Å². The van der Waals surface area contributed by atoms with Gasteiger partial charge in [-0.05, 0) is 6.92 Å². The number of carbonyl (C=O) groups is 1. The molecule has 0 aromatic heterocycles. The molecule has 0 bridgehead atoms. The summed E-state index contributed by atoms with van der Waals surface area (Å²) in [5.41, 5.74) is 0. The predicted molar refractivity (Wildman–Crippen MR) is 51.7 cm³/mol. The Morgan fingerprint density at radius 2 is 2.08 bits per heavy atom.